The molecule has 156 valence electrons. The predicted molar refractivity (Wildman–Crippen MR) is 96.4 cm³/mol. The van der Waals surface area contributed by atoms with Gasteiger partial charge in [0.25, 0.3) is 0 Å². The van der Waals surface area contributed by atoms with E-state index < -0.39 is 35.9 Å². The van der Waals surface area contributed by atoms with Gasteiger partial charge in [0.15, 0.2) is 6.61 Å². The number of carbonyl (C=O) groups excluding carboxylic acids is 1. The number of rotatable bonds is 7. The van der Waals surface area contributed by atoms with Crippen molar-refractivity contribution in [3.8, 4) is 5.75 Å². The molecule has 3 nitrogen and oxygen atoms in total. The number of carbonyl (C=O) groups is 1. The van der Waals surface area contributed by atoms with Crippen LogP contribution in [0.1, 0.15) is 43.2 Å². The quantitative estimate of drug-likeness (QED) is 0.634. The van der Waals surface area contributed by atoms with Gasteiger partial charge in [-0.3, -0.25) is 4.79 Å². The number of amides is 1. The highest BCUT2D eigenvalue weighted by Gasteiger charge is 2.46. The molecule has 0 aliphatic heterocycles. The highest BCUT2D eigenvalue weighted by atomic mass is 19.4. The first-order valence-corrected chi connectivity index (χ1v) is 9.13. The van der Waals surface area contributed by atoms with Gasteiger partial charge in [-0.2, -0.15) is 13.2 Å². The highest BCUT2D eigenvalue weighted by Crippen LogP contribution is 2.46. The number of hydrogen-bond acceptors (Lipinski definition) is 2. The van der Waals surface area contributed by atoms with E-state index in [0.717, 1.165) is 6.07 Å². The Morgan fingerprint density at radius 3 is 2.38 bits per heavy atom. The van der Waals surface area contributed by atoms with Crippen molar-refractivity contribution in [2.75, 3.05) is 6.61 Å². The molecule has 29 heavy (non-hydrogen) atoms. The largest absolute Gasteiger partial charge is 0.484 e. The summed E-state index contributed by atoms with van der Waals surface area (Å²) >= 11 is 0. The first-order chi connectivity index (χ1) is 13.6. The maximum absolute atomic E-state index is 13.4. The van der Waals surface area contributed by atoms with Crippen LogP contribution in [0.15, 0.2) is 42.5 Å². The minimum atomic E-state index is -4.44. The summed E-state index contributed by atoms with van der Waals surface area (Å²) in [7, 11) is 0. The van der Waals surface area contributed by atoms with Gasteiger partial charge in [-0.25, -0.2) is 8.78 Å². The van der Waals surface area contributed by atoms with E-state index in [-0.39, 0.29) is 18.1 Å². The lowest BCUT2D eigenvalue weighted by atomic mass is 9.96. The molecule has 2 aromatic carbocycles. The molecule has 1 atom stereocenters. The van der Waals surface area contributed by atoms with Gasteiger partial charge in [-0.1, -0.05) is 19.1 Å². The van der Waals surface area contributed by atoms with Gasteiger partial charge in [0.1, 0.15) is 17.4 Å². The summed E-state index contributed by atoms with van der Waals surface area (Å²) in [5, 5.41) is 2.91. The molecule has 8 heteroatoms. The van der Waals surface area contributed by atoms with Crippen molar-refractivity contribution in [1.82, 2.24) is 5.32 Å². The number of ether oxygens (including phenoxy) is 1. The van der Waals surface area contributed by atoms with Crippen LogP contribution in [-0.2, 0) is 10.3 Å². The van der Waals surface area contributed by atoms with Crippen LogP contribution in [0.5, 0.6) is 5.75 Å². The van der Waals surface area contributed by atoms with E-state index in [9.17, 15) is 26.7 Å². The molecule has 1 aliphatic rings. The Hall–Kier alpha value is -2.64. The van der Waals surface area contributed by atoms with Gasteiger partial charge < -0.3 is 10.1 Å². The summed E-state index contributed by atoms with van der Waals surface area (Å²) in [6.07, 6.45) is -3.13. The summed E-state index contributed by atoms with van der Waals surface area (Å²) in [6, 6.07) is 9.36. The summed E-state index contributed by atoms with van der Waals surface area (Å²) in [4.78, 5) is 12.5. The van der Waals surface area contributed by atoms with Crippen LogP contribution in [0.4, 0.5) is 22.0 Å². The topological polar surface area (TPSA) is 38.3 Å². The first-order valence-electron chi connectivity index (χ1n) is 9.13. The molecule has 1 N–H and O–H groups in total. The monoisotopic (exact) mass is 413 g/mol. The second-order valence-electron chi connectivity index (χ2n) is 7.37. The third-order valence-corrected chi connectivity index (χ3v) is 4.86. The van der Waals surface area contributed by atoms with E-state index in [1.54, 1.807) is 19.1 Å². The zero-order chi connectivity index (χ0) is 21.2. The Balaban J connectivity index is 1.64. The molecule has 0 bridgehead atoms. The summed E-state index contributed by atoms with van der Waals surface area (Å²) in [5.41, 5.74) is 0.390. The van der Waals surface area contributed by atoms with Crippen LogP contribution in [0, 0.1) is 11.6 Å². The average molecular weight is 413 g/mol. The van der Waals surface area contributed by atoms with E-state index in [1.165, 1.54) is 24.3 Å². The Morgan fingerprint density at radius 1 is 1.14 bits per heavy atom. The second kappa shape index (κ2) is 8.00. The van der Waals surface area contributed by atoms with Gasteiger partial charge in [0.05, 0.1) is 5.54 Å². The molecule has 0 saturated heterocycles. The Morgan fingerprint density at radius 2 is 1.79 bits per heavy atom. The first kappa shape index (κ1) is 21.1. The standard InChI is InChI=1S/C21H20F5NO2/c1-13(14-8-16(22)11-17(23)9-14)7-19(28)27-20(5-6-20)15-3-2-4-18(10-15)29-12-21(24,25)26/h2-4,8-11,13H,5-7,12H2,1H3,(H,27,28). The smallest absolute Gasteiger partial charge is 0.422 e. The number of nitrogens with one attached hydrogen (secondary N) is 1. The van der Waals surface area contributed by atoms with E-state index in [0.29, 0.717) is 24.0 Å². The molecule has 3 rings (SSSR count). The fraction of sp³-hybridized carbons (Fsp3) is 0.381. The number of alkyl halides is 3. The lowest BCUT2D eigenvalue weighted by Gasteiger charge is -2.21. The number of hydrogen-bond donors (Lipinski definition) is 1. The SMILES string of the molecule is CC(CC(=O)NC1(c2cccc(OCC(F)(F)F)c2)CC1)c1cc(F)cc(F)c1. The minimum Gasteiger partial charge on any atom is -0.484 e. The number of halogens is 5. The lowest BCUT2D eigenvalue weighted by Crippen LogP contribution is -2.35. The third kappa shape index (κ3) is 5.68. The third-order valence-electron chi connectivity index (χ3n) is 4.86. The summed E-state index contributed by atoms with van der Waals surface area (Å²) < 4.78 is 68.6. The zero-order valence-corrected chi connectivity index (χ0v) is 15.7. The van der Waals surface area contributed by atoms with Crippen molar-refractivity contribution in [3.63, 3.8) is 0 Å². The second-order valence-corrected chi connectivity index (χ2v) is 7.37. The van der Waals surface area contributed by atoms with Gasteiger partial charge in [-0.15, -0.1) is 0 Å². The van der Waals surface area contributed by atoms with E-state index >= 15 is 0 Å². The molecule has 0 heterocycles. The molecule has 0 radical (unpaired) electrons. The Labute approximate surface area is 164 Å². The van der Waals surface area contributed by atoms with Gasteiger partial charge in [-0.05, 0) is 54.2 Å². The van der Waals surface area contributed by atoms with Gasteiger partial charge in [0.2, 0.25) is 5.91 Å². The maximum atomic E-state index is 13.4. The van der Waals surface area contributed by atoms with Crippen LogP contribution >= 0.6 is 0 Å². The zero-order valence-electron chi connectivity index (χ0n) is 15.7. The highest BCUT2D eigenvalue weighted by molar-refractivity contribution is 5.78. The Kier molecular flexibility index (Phi) is 5.82. The fourth-order valence-corrected chi connectivity index (χ4v) is 3.23. The molecule has 0 spiro atoms. The van der Waals surface area contributed by atoms with Gasteiger partial charge >= 0.3 is 6.18 Å². The molecule has 1 aliphatic carbocycles. The molecule has 1 fully saturated rings. The van der Waals surface area contributed by atoms with Crippen molar-refractivity contribution in [2.45, 2.75) is 43.8 Å². The van der Waals surface area contributed by atoms with Crippen LogP contribution in [0.2, 0.25) is 0 Å². The summed E-state index contributed by atoms with van der Waals surface area (Å²) in [6.45, 7) is 0.302. The van der Waals surface area contributed by atoms with Crippen molar-refractivity contribution >= 4 is 5.91 Å². The van der Waals surface area contributed by atoms with E-state index in [1.807, 2.05) is 0 Å². The predicted octanol–water partition coefficient (Wildman–Crippen LogP) is 5.21. The van der Waals surface area contributed by atoms with Crippen molar-refractivity contribution in [1.29, 1.82) is 0 Å². The van der Waals surface area contributed by atoms with Crippen molar-refractivity contribution in [3.05, 3.63) is 65.2 Å². The molecular weight excluding hydrogens is 393 g/mol. The normalized spacial score (nSPS) is 16.2. The van der Waals surface area contributed by atoms with E-state index in [2.05, 4.69) is 5.32 Å². The Bertz CT molecular complexity index is 873. The van der Waals surface area contributed by atoms with E-state index in [4.69, 9.17) is 4.74 Å². The molecule has 1 saturated carbocycles. The van der Waals surface area contributed by atoms with Crippen molar-refractivity contribution < 1.29 is 31.5 Å². The lowest BCUT2D eigenvalue weighted by molar-refractivity contribution is -0.153. The fourth-order valence-electron chi connectivity index (χ4n) is 3.23. The van der Waals surface area contributed by atoms with Crippen LogP contribution < -0.4 is 10.1 Å². The molecule has 1 amide bonds. The average Bonchev–Trinajstić information content (AvgIpc) is 3.39. The molecule has 1 unspecified atom stereocenters. The minimum absolute atomic E-state index is 0.0227. The number of benzene rings is 2. The van der Waals surface area contributed by atoms with Crippen molar-refractivity contribution in [2.24, 2.45) is 0 Å². The molecule has 2 aromatic rings. The maximum Gasteiger partial charge on any atom is 0.422 e. The molecular formula is C21H20F5NO2. The van der Waals surface area contributed by atoms with Crippen LogP contribution in [0.3, 0.4) is 0 Å². The summed E-state index contributed by atoms with van der Waals surface area (Å²) in [5.74, 6) is -2.05. The van der Waals surface area contributed by atoms with Crippen LogP contribution in [0.25, 0.3) is 0 Å². The van der Waals surface area contributed by atoms with Gasteiger partial charge in [0, 0.05) is 12.5 Å². The van der Waals surface area contributed by atoms with Crippen LogP contribution in [-0.4, -0.2) is 18.7 Å². The molecule has 0 aromatic heterocycles.